The Morgan fingerprint density at radius 3 is 2.50 bits per heavy atom. The summed E-state index contributed by atoms with van der Waals surface area (Å²) in [6, 6.07) is 19.7. The maximum Gasteiger partial charge on any atom is 0.257 e. The van der Waals surface area contributed by atoms with Gasteiger partial charge in [-0.25, -0.2) is 0 Å². The number of amides is 1. The first-order chi connectivity index (χ1) is 17.5. The van der Waals surface area contributed by atoms with Gasteiger partial charge in [-0.15, -0.1) is 0 Å². The molecule has 1 heterocycles. The minimum absolute atomic E-state index is 0.148. The highest BCUT2D eigenvalue weighted by Crippen LogP contribution is 2.33. The standard InChI is InChI=1S/C29H32N4O3/c1-3-33(4-2)15-6-16-36-24-12-10-23(11-13-24)31-19-26-25-14-9-21(18-27(25)32-29(26)35)28(34)20-7-5-8-22(30)17-20/h5,7-14,17-19,31H,3-4,6,15-16,30H2,1-2H3,(H,32,35). The van der Waals surface area contributed by atoms with E-state index in [4.69, 9.17) is 10.5 Å². The van der Waals surface area contributed by atoms with Crippen molar-refractivity contribution < 1.29 is 14.3 Å². The van der Waals surface area contributed by atoms with Crippen molar-refractivity contribution >= 4 is 34.3 Å². The van der Waals surface area contributed by atoms with Crippen LogP contribution in [0, 0.1) is 0 Å². The van der Waals surface area contributed by atoms with Crippen LogP contribution in [0.25, 0.3) is 5.57 Å². The van der Waals surface area contributed by atoms with Crippen molar-refractivity contribution in [2.45, 2.75) is 20.3 Å². The highest BCUT2D eigenvalue weighted by atomic mass is 16.5. The van der Waals surface area contributed by atoms with Crippen LogP contribution in [0.3, 0.4) is 0 Å². The van der Waals surface area contributed by atoms with Gasteiger partial charge >= 0.3 is 0 Å². The number of carbonyl (C=O) groups excluding carboxylic acids is 2. The van der Waals surface area contributed by atoms with E-state index in [1.165, 1.54) is 0 Å². The molecule has 0 aromatic heterocycles. The number of nitrogens with two attached hydrogens (primary N) is 1. The number of carbonyl (C=O) groups is 2. The SMILES string of the molecule is CCN(CC)CCCOc1ccc(NC=C2C(=O)Nc3cc(C(=O)c4cccc(N)c4)ccc32)cc1. The predicted octanol–water partition coefficient (Wildman–Crippen LogP) is 5.02. The zero-order valence-electron chi connectivity index (χ0n) is 20.7. The van der Waals surface area contributed by atoms with Crippen molar-refractivity contribution in [1.29, 1.82) is 0 Å². The van der Waals surface area contributed by atoms with Gasteiger partial charge in [-0.05, 0) is 62.0 Å². The fourth-order valence-electron chi connectivity index (χ4n) is 4.15. The van der Waals surface area contributed by atoms with Crippen molar-refractivity contribution in [3.63, 3.8) is 0 Å². The van der Waals surface area contributed by atoms with E-state index in [2.05, 4.69) is 29.4 Å². The lowest BCUT2D eigenvalue weighted by atomic mass is 9.99. The Balaban J connectivity index is 1.38. The molecule has 36 heavy (non-hydrogen) atoms. The van der Waals surface area contributed by atoms with Crippen LogP contribution in [0.2, 0.25) is 0 Å². The number of nitrogens with zero attached hydrogens (tertiary/aromatic N) is 1. The Kier molecular flexibility index (Phi) is 8.02. The molecule has 0 bridgehead atoms. The number of hydrogen-bond acceptors (Lipinski definition) is 6. The zero-order valence-corrected chi connectivity index (χ0v) is 20.7. The number of ketones is 1. The minimum atomic E-state index is -0.223. The summed E-state index contributed by atoms with van der Waals surface area (Å²) in [6.45, 7) is 8.14. The topological polar surface area (TPSA) is 96.7 Å². The normalized spacial score (nSPS) is 13.5. The fourth-order valence-corrected chi connectivity index (χ4v) is 4.15. The van der Waals surface area contributed by atoms with Crippen LogP contribution < -0.4 is 21.1 Å². The average molecular weight is 485 g/mol. The van der Waals surface area contributed by atoms with Crippen molar-refractivity contribution in [1.82, 2.24) is 4.90 Å². The predicted molar refractivity (Wildman–Crippen MR) is 145 cm³/mol. The number of rotatable bonds is 11. The highest BCUT2D eigenvalue weighted by molar-refractivity contribution is 6.32. The third-order valence-corrected chi connectivity index (χ3v) is 6.23. The van der Waals surface area contributed by atoms with Crippen molar-refractivity contribution in [2.24, 2.45) is 0 Å². The summed E-state index contributed by atoms with van der Waals surface area (Å²) < 4.78 is 5.84. The molecule has 0 unspecified atom stereocenters. The van der Waals surface area contributed by atoms with E-state index in [1.54, 1.807) is 48.7 Å². The molecular weight excluding hydrogens is 452 g/mol. The van der Waals surface area contributed by atoms with Gasteiger partial charge in [0.15, 0.2) is 5.78 Å². The van der Waals surface area contributed by atoms with Crippen molar-refractivity contribution in [3.8, 4) is 5.75 Å². The summed E-state index contributed by atoms with van der Waals surface area (Å²) >= 11 is 0. The van der Waals surface area contributed by atoms with E-state index >= 15 is 0 Å². The Morgan fingerprint density at radius 2 is 1.78 bits per heavy atom. The molecular formula is C29H32N4O3. The molecule has 4 rings (SSSR count). The molecule has 0 fully saturated rings. The Labute approximate surface area is 212 Å². The van der Waals surface area contributed by atoms with E-state index < -0.39 is 0 Å². The minimum Gasteiger partial charge on any atom is -0.494 e. The quantitative estimate of drug-likeness (QED) is 0.153. The second-order valence-corrected chi connectivity index (χ2v) is 8.62. The number of nitrogen functional groups attached to an aromatic ring is 1. The molecule has 0 atom stereocenters. The van der Waals surface area contributed by atoms with E-state index in [9.17, 15) is 9.59 Å². The van der Waals surface area contributed by atoms with Gasteiger partial charge in [0, 0.05) is 46.5 Å². The van der Waals surface area contributed by atoms with Gasteiger partial charge in [-0.2, -0.15) is 0 Å². The van der Waals surface area contributed by atoms with Gasteiger partial charge in [0.1, 0.15) is 5.75 Å². The first kappa shape index (κ1) is 25.0. The summed E-state index contributed by atoms with van der Waals surface area (Å²) in [5.74, 6) is 0.443. The third-order valence-electron chi connectivity index (χ3n) is 6.23. The molecule has 0 saturated heterocycles. The van der Waals surface area contributed by atoms with Crippen LogP contribution in [0.15, 0.2) is 72.9 Å². The molecule has 7 nitrogen and oxygen atoms in total. The van der Waals surface area contributed by atoms with Gasteiger partial charge in [-0.3, -0.25) is 9.59 Å². The largest absolute Gasteiger partial charge is 0.494 e. The van der Waals surface area contributed by atoms with Gasteiger partial charge in [0.2, 0.25) is 0 Å². The number of fused-ring (bicyclic) bond motifs is 1. The van der Waals surface area contributed by atoms with E-state index in [0.717, 1.165) is 43.1 Å². The van der Waals surface area contributed by atoms with Gasteiger partial charge < -0.3 is 26.0 Å². The molecule has 1 aliphatic heterocycles. The first-order valence-electron chi connectivity index (χ1n) is 12.3. The smallest absolute Gasteiger partial charge is 0.257 e. The first-order valence-corrected chi connectivity index (χ1v) is 12.3. The lowest BCUT2D eigenvalue weighted by molar-refractivity contribution is -0.110. The van der Waals surface area contributed by atoms with E-state index in [0.29, 0.717) is 34.7 Å². The fraction of sp³-hybridized carbons (Fsp3) is 0.241. The summed E-state index contributed by atoms with van der Waals surface area (Å²) in [4.78, 5) is 27.8. The van der Waals surface area contributed by atoms with Gasteiger partial charge in [-0.1, -0.05) is 38.1 Å². The summed E-state index contributed by atoms with van der Waals surface area (Å²) in [5.41, 5.74) is 10.0. The molecule has 4 N–H and O–H groups in total. The molecule has 1 amide bonds. The van der Waals surface area contributed by atoms with Crippen LogP contribution in [0.1, 0.15) is 41.8 Å². The summed E-state index contributed by atoms with van der Waals surface area (Å²) in [7, 11) is 0. The van der Waals surface area contributed by atoms with Crippen LogP contribution in [-0.4, -0.2) is 42.8 Å². The molecule has 0 spiro atoms. The molecule has 7 heteroatoms. The van der Waals surface area contributed by atoms with Crippen LogP contribution in [0.5, 0.6) is 5.75 Å². The van der Waals surface area contributed by atoms with Crippen molar-refractivity contribution in [2.75, 3.05) is 42.6 Å². The highest BCUT2D eigenvalue weighted by Gasteiger charge is 2.25. The number of anilines is 3. The second kappa shape index (κ2) is 11.6. The number of ether oxygens (including phenoxy) is 1. The van der Waals surface area contributed by atoms with Crippen LogP contribution in [-0.2, 0) is 4.79 Å². The van der Waals surface area contributed by atoms with Gasteiger partial charge in [0.05, 0.1) is 12.2 Å². The molecule has 186 valence electrons. The number of benzene rings is 3. The van der Waals surface area contributed by atoms with Gasteiger partial charge in [0.25, 0.3) is 5.91 Å². The maximum absolute atomic E-state index is 12.8. The number of hydrogen-bond donors (Lipinski definition) is 3. The van der Waals surface area contributed by atoms with Crippen LogP contribution >= 0.6 is 0 Å². The Hall–Kier alpha value is -4.10. The lowest BCUT2D eigenvalue weighted by Gasteiger charge is -2.17. The maximum atomic E-state index is 12.8. The van der Waals surface area contributed by atoms with Crippen LogP contribution in [0.4, 0.5) is 17.1 Å². The summed E-state index contributed by atoms with van der Waals surface area (Å²) in [6.07, 6.45) is 2.66. The molecule has 0 radical (unpaired) electrons. The molecule has 0 aliphatic carbocycles. The molecule has 0 saturated carbocycles. The number of nitrogens with one attached hydrogen (secondary N) is 2. The summed E-state index contributed by atoms with van der Waals surface area (Å²) in [5, 5.41) is 6.03. The Bertz CT molecular complexity index is 1260. The second-order valence-electron chi connectivity index (χ2n) is 8.62. The van der Waals surface area contributed by atoms with E-state index in [1.807, 2.05) is 24.3 Å². The molecule has 3 aromatic carbocycles. The monoisotopic (exact) mass is 484 g/mol. The third kappa shape index (κ3) is 5.93. The lowest BCUT2D eigenvalue weighted by Crippen LogP contribution is -2.25. The molecule has 3 aromatic rings. The van der Waals surface area contributed by atoms with E-state index in [-0.39, 0.29) is 11.7 Å². The Morgan fingerprint density at radius 1 is 1.03 bits per heavy atom. The molecule has 1 aliphatic rings. The zero-order chi connectivity index (χ0) is 25.5. The van der Waals surface area contributed by atoms with Crippen molar-refractivity contribution in [3.05, 3.63) is 89.6 Å². The average Bonchev–Trinajstić information content (AvgIpc) is 3.21.